The van der Waals surface area contributed by atoms with E-state index >= 15 is 0 Å². The Morgan fingerprint density at radius 1 is 0.575 bits per heavy atom. The lowest BCUT2D eigenvalue weighted by atomic mass is 9.99. The largest absolute Gasteiger partial charge is 0.513 e. The fraction of sp³-hybridized carbons (Fsp3) is 0.127. The number of hydrogen-bond acceptors (Lipinski definition) is 14. The molecule has 0 atom stereocenters. The Balaban J connectivity index is 0.000000192. The van der Waals surface area contributed by atoms with Crippen molar-refractivity contribution in [1.29, 1.82) is 0 Å². The van der Waals surface area contributed by atoms with E-state index < -0.39 is 59.2 Å². The van der Waals surface area contributed by atoms with Crippen LogP contribution in [0.15, 0.2) is 146 Å². The number of phenolic OH excluding ortho intramolecular Hbond substituents is 1. The third-order valence-corrected chi connectivity index (χ3v) is 11.7. The Morgan fingerprint density at radius 3 is 1.53 bits per heavy atom. The number of phenols is 1. The first-order valence-electron chi connectivity index (χ1n) is 22.5. The number of halogens is 2. The molecule has 0 spiro atoms. The van der Waals surface area contributed by atoms with Gasteiger partial charge in [0, 0.05) is 30.3 Å². The van der Waals surface area contributed by atoms with E-state index in [0.29, 0.717) is 16.5 Å². The number of carbonyl (C=O) groups is 6. The number of hydrogen-bond donors (Lipinski definition) is 1. The summed E-state index contributed by atoms with van der Waals surface area (Å²) in [6, 6.07) is 36.0. The Morgan fingerprint density at radius 2 is 1.03 bits per heavy atom. The van der Waals surface area contributed by atoms with E-state index in [1.165, 1.54) is 80.2 Å². The summed E-state index contributed by atoms with van der Waals surface area (Å²) >= 11 is 0. The predicted molar refractivity (Wildman–Crippen MR) is 257 cm³/mol. The van der Waals surface area contributed by atoms with Gasteiger partial charge >= 0.3 is 12.1 Å². The molecule has 8 aromatic rings. The number of imide groups is 2. The molecule has 0 radical (unpaired) electrons. The van der Waals surface area contributed by atoms with Crippen molar-refractivity contribution in [3.63, 3.8) is 0 Å². The number of aromatic hydroxyl groups is 1. The van der Waals surface area contributed by atoms with Gasteiger partial charge in [0.25, 0.3) is 23.6 Å². The number of aromatic nitrogens is 2. The number of methoxy groups -OCH3 is 1. The molecule has 4 heterocycles. The van der Waals surface area contributed by atoms with Gasteiger partial charge in [0.15, 0.2) is 23.0 Å². The normalized spacial score (nSPS) is 12.7. The number of rotatable bonds is 13. The molecule has 0 bridgehead atoms. The van der Waals surface area contributed by atoms with Gasteiger partial charge in [-0.3, -0.25) is 38.9 Å². The molecular formula is C55H40F2N4O12. The SMILES string of the molecule is CCOC(=O)Oc1c2c(c(O)c3ncccc13)C(=O)N(Cc1ccc(F)cc1)C2=O.COCC(=O)Oc1c2c(c(OC(c3ccccc3)c3ccccc3)c3ncccc13)C(=O)N(Cc1ccc(F)cc1)C2=O. The van der Waals surface area contributed by atoms with Crippen LogP contribution in [0.3, 0.4) is 0 Å². The standard InChI is InChI=1S/C34H25FN2O6.C21H15FN2O6/c1-41-20-26(38)42-31-25-13-8-18-36-29(25)32(43-30(22-9-4-2-5-10-22)23-11-6-3-7-12-23)28-27(31)33(39)37(34(28)40)19-21-14-16-24(35)17-15-21;1-2-29-21(28)30-18-13-4-3-9-23-16(13)17(25)14-15(18)20(27)24(19(14)26)10-11-5-7-12(22)8-6-11/h2-18,30H,19-20H2,1H3;3-9,25H,2,10H2,1H3. The van der Waals surface area contributed by atoms with Crippen molar-refractivity contribution in [1.82, 2.24) is 19.8 Å². The molecule has 2 aromatic heterocycles. The second-order valence-corrected chi connectivity index (χ2v) is 16.3. The minimum absolute atomic E-state index is 0.000306. The summed E-state index contributed by atoms with van der Waals surface area (Å²) in [5, 5.41) is 11.1. The lowest BCUT2D eigenvalue weighted by Crippen LogP contribution is -2.29. The third-order valence-electron chi connectivity index (χ3n) is 11.7. The Hall–Kier alpha value is -9.42. The maximum Gasteiger partial charge on any atom is 0.513 e. The van der Waals surface area contributed by atoms with Crippen molar-refractivity contribution in [2.24, 2.45) is 0 Å². The summed E-state index contributed by atoms with van der Waals surface area (Å²) in [5.41, 5.74) is 2.13. The molecule has 2 aliphatic heterocycles. The predicted octanol–water partition coefficient (Wildman–Crippen LogP) is 9.30. The molecule has 0 aliphatic carbocycles. The van der Waals surface area contributed by atoms with Gasteiger partial charge in [-0.25, -0.2) is 18.4 Å². The highest BCUT2D eigenvalue weighted by molar-refractivity contribution is 6.28. The molecule has 366 valence electrons. The van der Waals surface area contributed by atoms with E-state index in [1.54, 1.807) is 19.1 Å². The van der Waals surface area contributed by atoms with Gasteiger partial charge in [-0.2, -0.15) is 0 Å². The van der Waals surface area contributed by atoms with Crippen LogP contribution in [0.4, 0.5) is 13.6 Å². The number of amides is 4. The number of carbonyl (C=O) groups excluding carboxylic acids is 6. The Kier molecular flexibility index (Phi) is 13.9. The van der Waals surface area contributed by atoms with Gasteiger partial charge < -0.3 is 28.8 Å². The molecule has 0 saturated carbocycles. The highest BCUT2D eigenvalue weighted by Crippen LogP contribution is 2.47. The molecule has 4 amide bonds. The molecule has 0 unspecified atom stereocenters. The molecule has 18 heteroatoms. The van der Waals surface area contributed by atoms with Crippen LogP contribution in [0, 0.1) is 11.6 Å². The number of fused-ring (bicyclic) bond motifs is 4. The smallest absolute Gasteiger partial charge is 0.505 e. The van der Waals surface area contributed by atoms with Crippen LogP contribution in [0.5, 0.6) is 23.0 Å². The number of nitrogens with zero attached hydrogens (tertiary/aromatic N) is 4. The molecule has 0 saturated heterocycles. The van der Waals surface area contributed by atoms with Crippen molar-refractivity contribution in [3.05, 3.63) is 202 Å². The van der Waals surface area contributed by atoms with E-state index in [0.717, 1.165) is 20.9 Å². The topological polar surface area (TPSA) is 201 Å². The average molecular weight is 987 g/mol. The fourth-order valence-electron chi connectivity index (χ4n) is 8.41. The first-order chi connectivity index (χ1) is 35.4. The van der Waals surface area contributed by atoms with Gasteiger partial charge in [-0.1, -0.05) is 84.9 Å². The van der Waals surface area contributed by atoms with Gasteiger partial charge in [-0.05, 0) is 77.7 Å². The highest BCUT2D eigenvalue weighted by Gasteiger charge is 2.45. The molecule has 6 aromatic carbocycles. The molecule has 16 nitrogen and oxygen atoms in total. The summed E-state index contributed by atoms with van der Waals surface area (Å²) < 4.78 is 54.1. The molecular weight excluding hydrogens is 947 g/mol. The lowest BCUT2D eigenvalue weighted by Gasteiger charge is -2.23. The van der Waals surface area contributed by atoms with Crippen LogP contribution >= 0.6 is 0 Å². The molecule has 2 aliphatic rings. The van der Waals surface area contributed by atoms with Gasteiger partial charge in [0.1, 0.15) is 57.6 Å². The van der Waals surface area contributed by atoms with E-state index in [2.05, 4.69) is 9.97 Å². The fourth-order valence-corrected chi connectivity index (χ4v) is 8.41. The van der Waals surface area contributed by atoms with Crippen LogP contribution in [-0.4, -0.2) is 81.0 Å². The maximum absolute atomic E-state index is 14.1. The Bertz CT molecular complexity index is 3430. The second kappa shape index (κ2) is 20.9. The number of pyridine rings is 2. The number of esters is 1. The van der Waals surface area contributed by atoms with E-state index in [-0.39, 0.29) is 82.2 Å². The van der Waals surface area contributed by atoms with Crippen LogP contribution in [0.2, 0.25) is 0 Å². The average Bonchev–Trinajstić information content (AvgIpc) is 3.80. The van der Waals surface area contributed by atoms with E-state index in [4.69, 9.17) is 23.7 Å². The van der Waals surface area contributed by atoms with Gasteiger partial charge in [-0.15, -0.1) is 0 Å². The first kappa shape index (κ1) is 48.6. The van der Waals surface area contributed by atoms with Crippen molar-refractivity contribution in [2.45, 2.75) is 26.1 Å². The van der Waals surface area contributed by atoms with Gasteiger partial charge in [0.2, 0.25) is 0 Å². The van der Waals surface area contributed by atoms with Crippen LogP contribution in [0.25, 0.3) is 21.8 Å². The van der Waals surface area contributed by atoms with Gasteiger partial charge in [0.05, 0.1) is 19.7 Å². The number of ether oxygens (including phenoxy) is 5. The van der Waals surface area contributed by atoms with Crippen LogP contribution in [0.1, 0.15) is 76.7 Å². The second-order valence-electron chi connectivity index (χ2n) is 16.3. The van der Waals surface area contributed by atoms with Crippen molar-refractivity contribution in [2.75, 3.05) is 20.3 Å². The van der Waals surface area contributed by atoms with Crippen molar-refractivity contribution in [3.8, 4) is 23.0 Å². The van der Waals surface area contributed by atoms with E-state index in [9.17, 15) is 42.7 Å². The lowest BCUT2D eigenvalue weighted by molar-refractivity contribution is -0.138. The minimum atomic E-state index is -1.06. The van der Waals surface area contributed by atoms with Crippen LogP contribution < -0.4 is 14.2 Å². The molecule has 0 fully saturated rings. The summed E-state index contributed by atoms with van der Waals surface area (Å²) in [5.74, 6) is -5.28. The highest BCUT2D eigenvalue weighted by atomic mass is 19.1. The summed E-state index contributed by atoms with van der Waals surface area (Å²) in [7, 11) is 1.34. The zero-order valence-electron chi connectivity index (χ0n) is 38.7. The molecule has 1 N–H and O–H groups in total. The summed E-state index contributed by atoms with van der Waals surface area (Å²) in [6.45, 7) is 0.956. The van der Waals surface area contributed by atoms with Crippen molar-refractivity contribution < 1.29 is 66.3 Å². The number of benzene rings is 6. The molecule has 73 heavy (non-hydrogen) atoms. The maximum atomic E-state index is 14.1. The zero-order valence-corrected chi connectivity index (χ0v) is 38.7. The minimum Gasteiger partial charge on any atom is -0.505 e. The quantitative estimate of drug-likeness (QED) is 0.0496. The van der Waals surface area contributed by atoms with Crippen LogP contribution in [-0.2, 0) is 27.4 Å². The third kappa shape index (κ3) is 9.61. The Labute approximate surface area is 413 Å². The summed E-state index contributed by atoms with van der Waals surface area (Å²) in [6.07, 6.45) is 1.18. The first-order valence-corrected chi connectivity index (χ1v) is 22.5. The van der Waals surface area contributed by atoms with Crippen molar-refractivity contribution >= 4 is 57.6 Å². The zero-order chi connectivity index (χ0) is 51.3. The summed E-state index contributed by atoms with van der Waals surface area (Å²) in [4.78, 5) is 89.3. The molecule has 10 rings (SSSR count). The van der Waals surface area contributed by atoms with E-state index in [1.807, 2.05) is 60.7 Å². The monoisotopic (exact) mass is 986 g/mol.